The molecule has 10 nitrogen and oxygen atoms in total. The molecule has 0 radical (unpaired) electrons. The van der Waals surface area contributed by atoms with E-state index in [2.05, 4.69) is 20.9 Å². The molecule has 0 aliphatic rings. The van der Waals surface area contributed by atoms with Crippen molar-refractivity contribution in [3.63, 3.8) is 0 Å². The molecule has 2 rings (SSSR count). The quantitative estimate of drug-likeness (QED) is 0.286. The number of H-pyrrole nitrogens is 1. The number of alkyl carbamates (subject to hydrolysis) is 1. The van der Waals surface area contributed by atoms with E-state index in [-0.39, 0.29) is 18.3 Å². The van der Waals surface area contributed by atoms with E-state index in [1.807, 2.05) is 52.0 Å². The van der Waals surface area contributed by atoms with Crippen molar-refractivity contribution in [3.05, 3.63) is 36.0 Å². The van der Waals surface area contributed by atoms with Crippen LogP contribution < -0.4 is 21.7 Å². The van der Waals surface area contributed by atoms with Gasteiger partial charge in [0, 0.05) is 23.5 Å². The number of rotatable bonds is 12. The highest BCUT2D eigenvalue weighted by atomic mass is 16.6. The van der Waals surface area contributed by atoms with Crippen LogP contribution in [0.1, 0.15) is 66.9 Å². The van der Waals surface area contributed by atoms with Crippen molar-refractivity contribution in [2.24, 2.45) is 17.6 Å². The summed E-state index contributed by atoms with van der Waals surface area (Å²) in [6, 6.07) is 4.83. The molecule has 1 aromatic carbocycles. The fourth-order valence-electron chi connectivity index (χ4n) is 4.11. The lowest BCUT2D eigenvalue weighted by molar-refractivity contribution is -0.133. The standard InChI is InChI=1S/C28H43N5O5/c1-8-17(4)23(26(36)31-21(24(29)34)13-16(2)3)33-25(35)22(32-27(37)38-28(5,6)7)14-18-15-30-20-12-10-9-11-19(18)20/h9-12,15-17,21-23,30H,8,13-14H2,1-7H3,(H2,29,34)(H,31,36)(H,32,37)(H,33,35)/t17-,21-,22?,23+/m0/s1. The van der Waals surface area contributed by atoms with Crippen molar-refractivity contribution in [2.75, 3.05) is 0 Å². The second-order valence-corrected chi connectivity index (χ2v) is 11.2. The van der Waals surface area contributed by atoms with Crippen LogP contribution in [0.4, 0.5) is 4.79 Å². The molecule has 4 amide bonds. The first-order valence-electron chi connectivity index (χ1n) is 13.2. The molecule has 0 spiro atoms. The lowest BCUT2D eigenvalue weighted by atomic mass is 9.96. The number of carbonyl (C=O) groups excluding carboxylic acids is 4. The van der Waals surface area contributed by atoms with Gasteiger partial charge in [-0.05, 0) is 50.7 Å². The molecule has 4 atom stereocenters. The molecule has 1 heterocycles. The molecule has 0 fully saturated rings. The summed E-state index contributed by atoms with van der Waals surface area (Å²) in [4.78, 5) is 54.6. The predicted molar refractivity (Wildman–Crippen MR) is 147 cm³/mol. The van der Waals surface area contributed by atoms with Gasteiger partial charge in [0.1, 0.15) is 23.7 Å². The third kappa shape index (κ3) is 9.08. The van der Waals surface area contributed by atoms with E-state index in [4.69, 9.17) is 10.5 Å². The van der Waals surface area contributed by atoms with Gasteiger partial charge in [0.25, 0.3) is 0 Å². The fourth-order valence-corrected chi connectivity index (χ4v) is 4.11. The van der Waals surface area contributed by atoms with Gasteiger partial charge in [-0.25, -0.2) is 4.79 Å². The van der Waals surface area contributed by atoms with Crippen molar-refractivity contribution in [2.45, 2.75) is 91.5 Å². The van der Waals surface area contributed by atoms with Gasteiger partial charge in [0.15, 0.2) is 0 Å². The molecule has 6 N–H and O–H groups in total. The normalized spacial score (nSPS) is 14.8. The van der Waals surface area contributed by atoms with Gasteiger partial charge >= 0.3 is 6.09 Å². The highest BCUT2D eigenvalue weighted by Crippen LogP contribution is 2.20. The van der Waals surface area contributed by atoms with Gasteiger partial charge in [-0.15, -0.1) is 0 Å². The minimum atomic E-state index is -1.02. The van der Waals surface area contributed by atoms with E-state index in [1.165, 1.54) is 0 Å². The average Bonchev–Trinajstić information content (AvgIpc) is 3.22. The van der Waals surface area contributed by atoms with Crippen LogP contribution in [0.15, 0.2) is 30.5 Å². The van der Waals surface area contributed by atoms with Crippen LogP contribution in [0, 0.1) is 11.8 Å². The summed E-state index contributed by atoms with van der Waals surface area (Å²) in [6.45, 7) is 12.8. The fraction of sp³-hybridized carbons (Fsp3) is 0.571. The molecule has 0 bridgehead atoms. The number of carbonyl (C=O) groups is 4. The molecule has 0 saturated heterocycles. The number of amides is 4. The number of benzene rings is 1. The molecule has 0 aliphatic carbocycles. The Balaban J connectivity index is 2.31. The Bertz CT molecular complexity index is 1120. The number of ether oxygens (including phenoxy) is 1. The largest absolute Gasteiger partial charge is 0.444 e. The molecular weight excluding hydrogens is 486 g/mol. The second kappa shape index (κ2) is 13.3. The second-order valence-electron chi connectivity index (χ2n) is 11.2. The monoisotopic (exact) mass is 529 g/mol. The molecular formula is C28H43N5O5. The Hall–Kier alpha value is -3.56. The van der Waals surface area contributed by atoms with Crippen LogP contribution >= 0.6 is 0 Å². The number of nitrogens with two attached hydrogens (primary N) is 1. The summed E-state index contributed by atoms with van der Waals surface area (Å²) in [5, 5.41) is 9.11. The minimum Gasteiger partial charge on any atom is -0.444 e. The van der Waals surface area contributed by atoms with Crippen LogP contribution in [0.5, 0.6) is 0 Å². The maximum absolute atomic E-state index is 13.6. The van der Waals surface area contributed by atoms with Gasteiger partial charge in [0.2, 0.25) is 17.7 Å². The van der Waals surface area contributed by atoms with Crippen molar-refractivity contribution >= 4 is 34.7 Å². The SMILES string of the molecule is CC[C@H](C)[C@@H](NC(=O)C(Cc1c[nH]c2ccccc12)NC(=O)OC(C)(C)C)C(=O)N[C@@H](CC(C)C)C(N)=O. The third-order valence-corrected chi connectivity index (χ3v) is 6.27. The van der Waals surface area contributed by atoms with Crippen molar-refractivity contribution in [3.8, 4) is 0 Å². The molecule has 210 valence electrons. The number of fused-ring (bicyclic) bond motifs is 1. The summed E-state index contributed by atoms with van der Waals surface area (Å²) in [7, 11) is 0. The predicted octanol–water partition coefficient (Wildman–Crippen LogP) is 3.15. The van der Waals surface area contributed by atoms with Crippen LogP contribution in [0.25, 0.3) is 10.9 Å². The number of hydrogen-bond donors (Lipinski definition) is 5. The zero-order chi connectivity index (χ0) is 28.6. The zero-order valence-corrected chi connectivity index (χ0v) is 23.5. The van der Waals surface area contributed by atoms with E-state index in [9.17, 15) is 19.2 Å². The average molecular weight is 530 g/mol. The van der Waals surface area contributed by atoms with Crippen molar-refractivity contribution in [1.82, 2.24) is 20.9 Å². The lowest BCUT2D eigenvalue weighted by Gasteiger charge is -2.28. The molecule has 0 aliphatic heterocycles. The summed E-state index contributed by atoms with van der Waals surface area (Å²) in [5.74, 6) is -1.80. The van der Waals surface area contributed by atoms with Gasteiger partial charge in [0.05, 0.1) is 0 Å². The highest BCUT2D eigenvalue weighted by molar-refractivity contribution is 5.94. The Labute approximate surface area is 224 Å². The van der Waals surface area contributed by atoms with Crippen molar-refractivity contribution in [1.29, 1.82) is 0 Å². The minimum absolute atomic E-state index is 0.128. The van der Waals surface area contributed by atoms with Gasteiger partial charge < -0.3 is 31.4 Å². The summed E-state index contributed by atoms with van der Waals surface area (Å²) in [5.41, 5.74) is 6.48. The number of nitrogens with one attached hydrogen (secondary N) is 4. The first-order chi connectivity index (χ1) is 17.7. The van der Waals surface area contributed by atoms with Gasteiger partial charge in [-0.3, -0.25) is 14.4 Å². The Kier molecular flexibility index (Phi) is 10.7. The van der Waals surface area contributed by atoms with Crippen LogP contribution in [0.2, 0.25) is 0 Å². The third-order valence-electron chi connectivity index (χ3n) is 6.27. The molecule has 2 aromatic rings. The van der Waals surface area contributed by atoms with Crippen LogP contribution in [0.3, 0.4) is 0 Å². The van der Waals surface area contributed by atoms with Gasteiger partial charge in [-0.1, -0.05) is 52.3 Å². The Morgan fingerprint density at radius 1 is 0.974 bits per heavy atom. The zero-order valence-electron chi connectivity index (χ0n) is 23.5. The number of primary amides is 1. The summed E-state index contributed by atoms with van der Waals surface area (Å²) >= 11 is 0. The van der Waals surface area contributed by atoms with Crippen LogP contribution in [-0.4, -0.2) is 52.5 Å². The Morgan fingerprint density at radius 2 is 1.63 bits per heavy atom. The van der Waals surface area contributed by atoms with E-state index < -0.39 is 47.5 Å². The molecule has 0 saturated carbocycles. The number of hydrogen-bond acceptors (Lipinski definition) is 5. The topological polar surface area (TPSA) is 155 Å². The van der Waals surface area contributed by atoms with Crippen LogP contribution in [-0.2, 0) is 25.5 Å². The van der Waals surface area contributed by atoms with E-state index in [1.54, 1.807) is 27.0 Å². The molecule has 1 aromatic heterocycles. The lowest BCUT2D eigenvalue weighted by Crippen LogP contribution is -2.58. The Morgan fingerprint density at radius 3 is 2.21 bits per heavy atom. The number of aromatic amines is 1. The molecule has 1 unspecified atom stereocenters. The first-order valence-corrected chi connectivity index (χ1v) is 13.2. The molecule has 10 heteroatoms. The first kappa shape index (κ1) is 30.7. The maximum Gasteiger partial charge on any atom is 0.408 e. The van der Waals surface area contributed by atoms with E-state index >= 15 is 0 Å². The van der Waals surface area contributed by atoms with E-state index in [0.29, 0.717) is 12.8 Å². The van der Waals surface area contributed by atoms with Crippen molar-refractivity contribution < 1.29 is 23.9 Å². The summed E-state index contributed by atoms with van der Waals surface area (Å²) < 4.78 is 5.39. The highest BCUT2D eigenvalue weighted by Gasteiger charge is 2.33. The smallest absolute Gasteiger partial charge is 0.408 e. The summed E-state index contributed by atoms with van der Waals surface area (Å²) in [6.07, 6.45) is 2.19. The number of para-hydroxylation sites is 1. The maximum atomic E-state index is 13.6. The van der Waals surface area contributed by atoms with E-state index in [0.717, 1.165) is 16.5 Å². The van der Waals surface area contributed by atoms with Gasteiger partial charge in [-0.2, -0.15) is 0 Å². The number of aromatic nitrogens is 1. The molecule has 38 heavy (non-hydrogen) atoms.